The number of ether oxygens (including phenoxy) is 5. The van der Waals surface area contributed by atoms with Gasteiger partial charge in [-0.05, 0) is 43.2 Å². The summed E-state index contributed by atoms with van der Waals surface area (Å²) in [6, 6.07) is 9.24. The molecule has 9 N–H and O–H groups in total. The van der Waals surface area contributed by atoms with Gasteiger partial charge in [0.15, 0.2) is 5.03 Å². The lowest BCUT2D eigenvalue weighted by atomic mass is 10.2. The molecule has 0 bridgehead atoms. The Balaban J connectivity index is 0.000000270. The number of anilines is 2. The minimum Gasteiger partial charge on any atom is -0.481 e. The van der Waals surface area contributed by atoms with Crippen LogP contribution in [0.2, 0.25) is 10.0 Å². The maximum Gasteiger partial charge on any atom is 0.388 e. The van der Waals surface area contributed by atoms with E-state index < -0.39 is 117 Å². The van der Waals surface area contributed by atoms with Crippen molar-refractivity contribution in [3.05, 3.63) is 104 Å². The number of aromatic carboxylic acids is 1. The number of aromatic nitrogens is 8. The number of sulfonamides is 2. The number of pyridine rings is 1. The normalized spacial score (nSPS) is 11.7. The van der Waals surface area contributed by atoms with Crippen molar-refractivity contribution in [3.8, 4) is 47.3 Å². The third-order valence-corrected chi connectivity index (χ3v) is 14.2. The van der Waals surface area contributed by atoms with Crippen LogP contribution in [0.25, 0.3) is 5.69 Å². The average molecular weight is 1370 g/mol. The van der Waals surface area contributed by atoms with E-state index in [-0.39, 0.29) is 35.6 Å². The molecule has 1 aliphatic rings. The largest absolute Gasteiger partial charge is 0.481 e. The van der Waals surface area contributed by atoms with Crippen molar-refractivity contribution in [2.45, 2.75) is 49.0 Å². The van der Waals surface area contributed by atoms with Gasteiger partial charge >= 0.3 is 50.5 Å². The number of carbonyl (C=O) groups excluding carboxylic acids is 3. The highest BCUT2D eigenvalue weighted by molar-refractivity contribution is 7.90. The Morgan fingerprint density at radius 1 is 0.789 bits per heavy atom. The molecule has 6 aromatic rings. The van der Waals surface area contributed by atoms with Crippen molar-refractivity contribution in [2.24, 2.45) is 0 Å². The lowest BCUT2D eigenvalue weighted by Gasteiger charge is -2.14. The third kappa shape index (κ3) is 22.6. The number of fused-ring (bicyclic) bond motifs is 1. The summed E-state index contributed by atoms with van der Waals surface area (Å²) in [5, 5.41) is 27.4. The van der Waals surface area contributed by atoms with Crippen LogP contribution in [0.1, 0.15) is 39.4 Å². The van der Waals surface area contributed by atoms with E-state index in [0.29, 0.717) is 34.1 Å². The van der Waals surface area contributed by atoms with Crippen LogP contribution >= 0.6 is 30.8 Å². The number of methoxy groups -OCH3 is 2. The second-order valence-corrected chi connectivity index (χ2v) is 22.7. The fraction of sp³-hybridized carbons (Fsp3) is 0.277. The molecule has 486 valence electrons. The lowest BCUT2D eigenvalue weighted by Crippen LogP contribution is -2.36. The number of carboxylic acids is 2. The molecule has 5 heterocycles. The molecule has 7 rings (SSSR count). The summed E-state index contributed by atoms with van der Waals surface area (Å²) in [4.78, 5) is 104. The molecule has 0 aliphatic carbocycles. The SMILES string of the molecule is C#CCOc1cc(-n2nc3n(c2=O)CCCC3)c(Cl)cc1Cl.COc1cc(OC)nc(NC(=O)NS(=O)(=O)c2ncccc2C(=O)N(C)C)n1.O=C(Nc1nc(OC(F)F)cc(OC(F)F)n1)NS(=O)(=O)c1ccccc1C(=O)O.O=C(O)CNCP(=O)(O)O. The molecule has 0 unspecified atom stereocenters. The highest BCUT2D eigenvalue weighted by atomic mass is 35.5. The number of alkyl halides is 4. The van der Waals surface area contributed by atoms with E-state index in [4.69, 9.17) is 63.8 Å². The van der Waals surface area contributed by atoms with Gasteiger partial charge in [-0.3, -0.25) is 34.7 Å². The summed E-state index contributed by atoms with van der Waals surface area (Å²) in [6.07, 6.45) is 8.56. The predicted molar refractivity (Wildman–Crippen MR) is 302 cm³/mol. The van der Waals surface area contributed by atoms with Crippen molar-refractivity contribution in [3.63, 3.8) is 0 Å². The molecule has 4 aromatic heterocycles. The molecule has 2 aromatic carbocycles. The van der Waals surface area contributed by atoms with Gasteiger partial charge in [0.25, 0.3) is 26.0 Å². The zero-order valence-corrected chi connectivity index (χ0v) is 50.4. The monoisotopic (exact) mass is 1370 g/mol. The Morgan fingerprint density at radius 2 is 1.33 bits per heavy atom. The van der Waals surface area contributed by atoms with Crippen LogP contribution < -0.4 is 54.8 Å². The first-order chi connectivity index (χ1) is 42.2. The van der Waals surface area contributed by atoms with Gasteiger partial charge < -0.3 is 48.6 Å². The van der Waals surface area contributed by atoms with E-state index in [2.05, 4.69) is 56.0 Å². The Kier molecular flexibility index (Phi) is 26.9. The molecule has 0 atom stereocenters. The van der Waals surface area contributed by atoms with Crippen LogP contribution in [0.3, 0.4) is 0 Å². The topological polar surface area (TPSA) is 465 Å². The smallest absolute Gasteiger partial charge is 0.388 e. The third-order valence-electron chi connectivity index (χ3n) is 10.3. The van der Waals surface area contributed by atoms with Crippen LogP contribution in [-0.4, -0.2) is 172 Å². The van der Waals surface area contributed by atoms with Gasteiger partial charge in [0.2, 0.25) is 35.4 Å². The van der Waals surface area contributed by atoms with E-state index in [1.165, 1.54) is 85.2 Å². The second kappa shape index (κ2) is 33.2. The number of urea groups is 2. The molecule has 0 saturated carbocycles. The number of hydrogen-bond donors (Lipinski definition) is 9. The highest BCUT2D eigenvalue weighted by Crippen LogP contribution is 2.33. The minimum absolute atomic E-state index is 0.0788. The van der Waals surface area contributed by atoms with E-state index in [1.54, 1.807) is 20.7 Å². The van der Waals surface area contributed by atoms with E-state index >= 15 is 0 Å². The molecule has 43 heteroatoms. The molecule has 90 heavy (non-hydrogen) atoms. The molecule has 0 fully saturated rings. The molecule has 0 radical (unpaired) electrons. The summed E-state index contributed by atoms with van der Waals surface area (Å²) in [5.74, 6) is -2.75. The van der Waals surface area contributed by atoms with Gasteiger partial charge in [-0.25, -0.2) is 42.0 Å². The Morgan fingerprint density at radius 3 is 1.84 bits per heavy atom. The van der Waals surface area contributed by atoms with Crippen molar-refractivity contribution >= 4 is 92.6 Å². The number of carbonyl (C=O) groups is 5. The number of amides is 5. The van der Waals surface area contributed by atoms with Gasteiger partial charge in [-0.1, -0.05) is 41.3 Å². The van der Waals surface area contributed by atoms with Crippen LogP contribution in [0, 0.1) is 12.3 Å². The van der Waals surface area contributed by atoms with Crippen molar-refractivity contribution in [1.82, 2.24) is 58.9 Å². The lowest BCUT2D eigenvalue weighted by molar-refractivity contribution is -0.135. The first-order valence-corrected chi connectivity index (χ1v) is 29.8. The van der Waals surface area contributed by atoms with Gasteiger partial charge in [0.1, 0.15) is 23.1 Å². The number of rotatable bonds is 21. The minimum atomic E-state index is -4.71. The number of halogens is 6. The van der Waals surface area contributed by atoms with E-state index in [0.717, 1.165) is 37.2 Å². The maximum atomic E-state index is 12.5. The van der Waals surface area contributed by atoms with Crippen molar-refractivity contribution in [1.29, 1.82) is 0 Å². The van der Waals surface area contributed by atoms with Gasteiger partial charge in [0, 0.05) is 39.3 Å². The Labute approximate surface area is 515 Å². The number of nitrogens with one attached hydrogen (secondary N) is 5. The fourth-order valence-corrected chi connectivity index (χ4v) is 9.76. The van der Waals surface area contributed by atoms with Crippen LogP contribution in [0.15, 0.2) is 81.6 Å². The summed E-state index contributed by atoms with van der Waals surface area (Å²) in [6.45, 7) is -6.50. The standard InChI is InChI=1S/C15H13Cl2N3O2.C15H18N6O6S.C14H10F4N4O7S.C3H8NO5P/c1-2-7-22-13-9-12(10(16)8-11(13)17)20-15(21)19-6-4-3-5-14(19)18-20;1-21(2)13(22)9-6-5-7-16-12(9)28(24,25)20-15(23)19-14-17-10(26-3)8-11(18-14)27-4;15-11(16)28-8-5-9(29-12(17)18)20-13(19-8)21-14(25)22-30(26,27)7-4-2-1-3-6(7)10(23)24;5-3(6)1-4-2-10(7,8)9/h1,8-9H,3-7H2;5-8H,1-4H3,(H2,17,18,19,20,23);1-5,11-12H,(H,23,24)(H2,19,20,21,22,25);4H,1-2H2,(H,5,6)(H2,7,8,9). The number of nitrogens with zero attached hydrogens (tertiary/aromatic N) is 9. The van der Waals surface area contributed by atoms with Gasteiger partial charge in [0.05, 0.1) is 66.0 Å². The number of carboxylic acid groups (broad SMARTS) is 2. The number of aryl methyl sites for hydroxylation is 1. The fourth-order valence-electron chi connectivity index (χ4n) is 6.70. The molecule has 5 amide bonds. The molecule has 1 aliphatic heterocycles. The van der Waals surface area contributed by atoms with E-state index in [1.807, 2.05) is 0 Å². The first-order valence-electron chi connectivity index (χ1n) is 24.3. The Hall–Kier alpha value is -9.49. The zero-order chi connectivity index (χ0) is 67.3. The number of aliphatic carboxylic acids is 1. The summed E-state index contributed by atoms with van der Waals surface area (Å²) in [5.41, 5.74) is -0.604. The zero-order valence-electron chi connectivity index (χ0n) is 46.4. The van der Waals surface area contributed by atoms with E-state index in [9.17, 15) is 67.7 Å². The average Bonchev–Trinajstić information content (AvgIpc) is 1.55. The molecule has 34 nitrogen and oxygen atoms in total. The van der Waals surface area contributed by atoms with Crippen molar-refractivity contribution in [2.75, 3.05) is 58.4 Å². The summed E-state index contributed by atoms with van der Waals surface area (Å²) >= 11 is 12.3. The quantitative estimate of drug-likeness (QED) is 0.0283. The molecular weight excluding hydrogens is 1320 g/mol. The maximum absolute atomic E-state index is 12.5. The second-order valence-electron chi connectivity index (χ2n) is 17.0. The van der Waals surface area contributed by atoms with Crippen LogP contribution in [0.5, 0.6) is 29.3 Å². The van der Waals surface area contributed by atoms with Crippen LogP contribution in [-0.2, 0) is 42.4 Å². The first kappa shape index (κ1) is 73.0. The molecular formula is C47H49Cl2F4N14O20PS2. The van der Waals surface area contributed by atoms with Gasteiger partial charge in [-0.2, -0.15) is 50.6 Å². The summed E-state index contributed by atoms with van der Waals surface area (Å²) < 4.78 is 138. The highest BCUT2D eigenvalue weighted by Gasteiger charge is 2.29. The number of terminal acetylenes is 1. The predicted octanol–water partition coefficient (Wildman–Crippen LogP) is 3.47. The molecule has 0 saturated heterocycles. The number of benzene rings is 2. The summed E-state index contributed by atoms with van der Waals surface area (Å²) in [7, 11) is -7.66. The Bertz CT molecular complexity index is 3930. The van der Waals surface area contributed by atoms with Gasteiger partial charge in [-0.15, -0.1) is 11.5 Å². The molecule has 0 spiro atoms. The number of hydrogen-bond acceptors (Lipinski definition) is 23. The van der Waals surface area contributed by atoms with Crippen LogP contribution in [0.4, 0.5) is 39.0 Å². The van der Waals surface area contributed by atoms with Crippen molar-refractivity contribution < 1.29 is 107 Å².